The Morgan fingerprint density at radius 3 is 2.47 bits per heavy atom. The zero-order valence-electron chi connectivity index (χ0n) is 11.4. The number of nitrogens with zero attached hydrogens (tertiary/aromatic N) is 1. The molecule has 1 saturated heterocycles. The molecule has 0 radical (unpaired) electrons. The Balaban J connectivity index is 1.72. The van der Waals surface area contributed by atoms with Gasteiger partial charge in [-0.3, -0.25) is 14.5 Å². The fourth-order valence-electron chi connectivity index (χ4n) is 4.13. The molecule has 3 aliphatic rings. The number of imide groups is 1. The third-order valence-corrected chi connectivity index (χ3v) is 5.34. The first-order valence-electron chi connectivity index (χ1n) is 7.65. The van der Waals surface area contributed by atoms with E-state index in [1.54, 1.807) is 0 Å². The molecule has 2 saturated carbocycles. The maximum atomic E-state index is 12.6. The van der Waals surface area contributed by atoms with E-state index in [0.29, 0.717) is 13.0 Å². The topological polar surface area (TPSA) is 57.6 Å². The first-order valence-corrected chi connectivity index (χ1v) is 7.65. The zero-order valence-corrected chi connectivity index (χ0v) is 11.4. The highest BCUT2D eigenvalue weighted by Crippen LogP contribution is 2.45. The van der Waals surface area contributed by atoms with Gasteiger partial charge in [-0.05, 0) is 25.7 Å². The minimum absolute atomic E-state index is 0.00833. The Morgan fingerprint density at radius 2 is 1.84 bits per heavy atom. The maximum Gasteiger partial charge on any atom is 0.235 e. The largest absolute Gasteiger partial charge is 0.393 e. The van der Waals surface area contributed by atoms with Crippen LogP contribution in [0.1, 0.15) is 57.8 Å². The van der Waals surface area contributed by atoms with Gasteiger partial charge in [0.15, 0.2) is 0 Å². The van der Waals surface area contributed by atoms with Gasteiger partial charge in [0, 0.05) is 18.9 Å². The third kappa shape index (κ3) is 2.20. The van der Waals surface area contributed by atoms with E-state index in [2.05, 4.69) is 0 Å². The predicted octanol–water partition coefficient (Wildman–Crippen LogP) is 1.86. The number of aliphatic hydroxyl groups is 1. The summed E-state index contributed by atoms with van der Waals surface area (Å²) in [5.41, 5.74) is -0.376. The average molecular weight is 265 g/mol. The quantitative estimate of drug-likeness (QED) is 0.775. The molecule has 4 heteroatoms. The van der Waals surface area contributed by atoms with Gasteiger partial charge in [0.2, 0.25) is 11.8 Å². The van der Waals surface area contributed by atoms with E-state index < -0.39 is 0 Å². The van der Waals surface area contributed by atoms with Gasteiger partial charge in [0.25, 0.3) is 0 Å². The van der Waals surface area contributed by atoms with Crippen LogP contribution in [0.2, 0.25) is 0 Å². The fourth-order valence-corrected chi connectivity index (χ4v) is 4.13. The monoisotopic (exact) mass is 265 g/mol. The SMILES string of the molecule is O=C1CC2(CCCCC2)C(=O)N1CC1CCCC1O. The molecule has 19 heavy (non-hydrogen) atoms. The number of aliphatic hydroxyl groups excluding tert-OH is 1. The predicted molar refractivity (Wildman–Crippen MR) is 70.2 cm³/mol. The molecule has 1 N–H and O–H groups in total. The van der Waals surface area contributed by atoms with Crippen LogP contribution < -0.4 is 0 Å². The molecule has 0 aromatic heterocycles. The molecule has 106 valence electrons. The maximum absolute atomic E-state index is 12.6. The lowest BCUT2D eigenvalue weighted by molar-refractivity contribution is -0.143. The number of carbonyl (C=O) groups is 2. The molecule has 2 aliphatic carbocycles. The van der Waals surface area contributed by atoms with Gasteiger partial charge >= 0.3 is 0 Å². The lowest BCUT2D eigenvalue weighted by Gasteiger charge is -2.31. The van der Waals surface area contributed by atoms with Crippen LogP contribution in [0.3, 0.4) is 0 Å². The van der Waals surface area contributed by atoms with Crippen LogP contribution >= 0.6 is 0 Å². The van der Waals surface area contributed by atoms with E-state index in [1.807, 2.05) is 0 Å². The van der Waals surface area contributed by atoms with Crippen molar-refractivity contribution in [3.05, 3.63) is 0 Å². The summed E-state index contributed by atoms with van der Waals surface area (Å²) in [6, 6.07) is 0. The van der Waals surface area contributed by atoms with Gasteiger partial charge in [-0.1, -0.05) is 25.7 Å². The Labute approximate surface area is 114 Å². The van der Waals surface area contributed by atoms with Crippen LogP contribution in [0, 0.1) is 11.3 Å². The second-order valence-corrected chi connectivity index (χ2v) is 6.59. The molecule has 4 nitrogen and oxygen atoms in total. The number of likely N-dealkylation sites (tertiary alicyclic amines) is 1. The second kappa shape index (κ2) is 4.89. The molecule has 2 unspecified atom stereocenters. The lowest BCUT2D eigenvalue weighted by atomic mass is 9.73. The van der Waals surface area contributed by atoms with Crippen LogP contribution in [-0.2, 0) is 9.59 Å². The van der Waals surface area contributed by atoms with E-state index in [0.717, 1.165) is 44.9 Å². The molecule has 0 aromatic carbocycles. The van der Waals surface area contributed by atoms with Gasteiger partial charge in [0.1, 0.15) is 0 Å². The third-order valence-electron chi connectivity index (χ3n) is 5.34. The van der Waals surface area contributed by atoms with Crippen LogP contribution in [0.5, 0.6) is 0 Å². The number of amides is 2. The van der Waals surface area contributed by atoms with Crippen molar-refractivity contribution in [3.63, 3.8) is 0 Å². The Kier molecular flexibility index (Phi) is 3.37. The standard InChI is InChI=1S/C15H23NO3/c17-12-6-4-5-11(12)10-16-13(18)9-15(14(16)19)7-2-1-3-8-15/h11-12,17H,1-10H2. The normalized spacial score (nSPS) is 34.5. The van der Waals surface area contributed by atoms with E-state index in [4.69, 9.17) is 0 Å². The molecule has 1 aliphatic heterocycles. The molecule has 3 rings (SSSR count). The van der Waals surface area contributed by atoms with E-state index >= 15 is 0 Å². The Hall–Kier alpha value is -0.900. The summed E-state index contributed by atoms with van der Waals surface area (Å²) in [5, 5.41) is 9.87. The summed E-state index contributed by atoms with van der Waals surface area (Å²) in [5.74, 6) is 0.147. The van der Waals surface area contributed by atoms with Crippen LogP contribution in [0.25, 0.3) is 0 Å². The molecule has 2 atom stereocenters. The molecule has 0 aromatic rings. The molecule has 2 amide bonds. The van der Waals surface area contributed by atoms with Crippen molar-refractivity contribution < 1.29 is 14.7 Å². The summed E-state index contributed by atoms with van der Waals surface area (Å²) in [6.07, 6.45) is 7.91. The van der Waals surface area contributed by atoms with Crippen LogP contribution in [0.15, 0.2) is 0 Å². The van der Waals surface area contributed by atoms with Crippen molar-refractivity contribution in [2.75, 3.05) is 6.54 Å². The smallest absolute Gasteiger partial charge is 0.235 e. The molecule has 1 spiro atoms. The first kappa shape index (κ1) is 13.1. The zero-order chi connectivity index (χ0) is 13.5. The van der Waals surface area contributed by atoms with Crippen LogP contribution in [0.4, 0.5) is 0 Å². The van der Waals surface area contributed by atoms with Gasteiger partial charge in [-0.25, -0.2) is 0 Å². The second-order valence-electron chi connectivity index (χ2n) is 6.59. The van der Waals surface area contributed by atoms with Gasteiger partial charge in [-0.2, -0.15) is 0 Å². The Morgan fingerprint density at radius 1 is 1.11 bits per heavy atom. The van der Waals surface area contributed by atoms with Crippen molar-refractivity contribution in [1.29, 1.82) is 0 Å². The molecule has 3 fully saturated rings. The van der Waals surface area contributed by atoms with Crippen molar-refractivity contribution in [2.24, 2.45) is 11.3 Å². The molecule has 1 heterocycles. The highest BCUT2D eigenvalue weighted by Gasteiger charge is 2.52. The molecule has 0 bridgehead atoms. The van der Waals surface area contributed by atoms with E-state index in [-0.39, 0.29) is 29.3 Å². The summed E-state index contributed by atoms with van der Waals surface area (Å²) in [4.78, 5) is 26.2. The van der Waals surface area contributed by atoms with Crippen molar-refractivity contribution in [1.82, 2.24) is 4.90 Å². The van der Waals surface area contributed by atoms with Crippen LogP contribution in [-0.4, -0.2) is 34.5 Å². The molecular formula is C15H23NO3. The Bertz CT molecular complexity index is 387. The average Bonchev–Trinajstić information content (AvgIpc) is 2.89. The summed E-state index contributed by atoms with van der Waals surface area (Å²) >= 11 is 0. The van der Waals surface area contributed by atoms with E-state index in [9.17, 15) is 14.7 Å². The minimum Gasteiger partial charge on any atom is -0.393 e. The number of hydrogen-bond acceptors (Lipinski definition) is 3. The van der Waals surface area contributed by atoms with Crippen molar-refractivity contribution >= 4 is 11.8 Å². The minimum atomic E-state index is -0.376. The van der Waals surface area contributed by atoms with E-state index in [1.165, 1.54) is 11.3 Å². The van der Waals surface area contributed by atoms with Gasteiger partial charge < -0.3 is 5.11 Å². The molecular weight excluding hydrogens is 242 g/mol. The van der Waals surface area contributed by atoms with Crippen molar-refractivity contribution in [2.45, 2.75) is 63.9 Å². The highest BCUT2D eigenvalue weighted by atomic mass is 16.3. The lowest BCUT2D eigenvalue weighted by Crippen LogP contribution is -2.40. The summed E-state index contributed by atoms with van der Waals surface area (Å²) < 4.78 is 0. The first-order chi connectivity index (χ1) is 9.12. The fraction of sp³-hybridized carbons (Fsp3) is 0.867. The van der Waals surface area contributed by atoms with Gasteiger partial charge in [0.05, 0.1) is 11.5 Å². The number of rotatable bonds is 2. The highest BCUT2D eigenvalue weighted by molar-refractivity contribution is 6.05. The van der Waals surface area contributed by atoms with Gasteiger partial charge in [-0.15, -0.1) is 0 Å². The van der Waals surface area contributed by atoms with Crippen molar-refractivity contribution in [3.8, 4) is 0 Å². The summed E-state index contributed by atoms with van der Waals surface area (Å²) in [7, 11) is 0. The summed E-state index contributed by atoms with van der Waals surface area (Å²) in [6.45, 7) is 0.445. The number of carbonyl (C=O) groups excluding carboxylic acids is 2. The number of hydrogen-bond donors (Lipinski definition) is 1.